The molecule has 5 heteroatoms. The molecule has 2 aromatic rings. The third-order valence-corrected chi connectivity index (χ3v) is 2.71. The van der Waals surface area contributed by atoms with Crippen LogP contribution in [0.1, 0.15) is 0 Å². The van der Waals surface area contributed by atoms with Crippen LogP contribution >= 0.6 is 11.6 Å². The van der Waals surface area contributed by atoms with Crippen molar-refractivity contribution in [3.63, 3.8) is 0 Å². The smallest absolute Gasteiger partial charge is 0.139 e. The van der Waals surface area contributed by atoms with E-state index in [0.717, 1.165) is 11.4 Å². The lowest BCUT2D eigenvalue weighted by molar-refractivity contribution is 0.415. The molecule has 102 valence electrons. The van der Waals surface area contributed by atoms with E-state index in [1.165, 1.54) is 0 Å². The minimum atomic E-state index is 0.477. The topological polar surface area (TPSA) is 70.5 Å². The van der Waals surface area contributed by atoms with Crippen LogP contribution in [0.2, 0.25) is 5.02 Å². The van der Waals surface area contributed by atoms with Gasteiger partial charge in [0.2, 0.25) is 0 Å². The highest BCUT2D eigenvalue weighted by atomic mass is 35.5. The van der Waals surface area contributed by atoms with Crippen molar-refractivity contribution in [3.8, 4) is 11.5 Å². The Morgan fingerprint density at radius 2 is 1.63 bits per heavy atom. The van der Waals surface area contributed by atoms with Gasteiger partial charge in [-0.15, -0.1) is 0 Å². The van der Waals surface area contributed by atoms with Crippen LogP contribution in [0.3, 0.4) is 0 Å². The Morgan fingerprint density at radius 3 is 2.11 bits per heavy atom. The number of ether oxygens (including phenoxy) is 2. The first kappa shape index (κ1) is 15.0. The Hall–Kier alpha value is -2.07. The molecule has 0 atom stereocenters. The van der Waals surface area contributed by atoms with E-state index >= 15 is 0 Å². The maximum atomic E-state index is 5.74. The second-order valence-corrected chi connectivity index (χ2v) is 4.02. The van der Waals surface area contributed by atoms with Crippen molar-refractivity contribution in [3.05, 3.63) is 47.5 Å². The number of hydrogen-bond donors (Lipinski definition) is 2. The second kappa shape index (κ2) is 7.38. The summed E-state index contributed by atoms with van der Waals surface area (Å²) < 4.78 is 9.83. The van der Waals surface area contributed by atoms with Crippen molar-refractivity contribution in [1.29, 1.82) is 0 Å². The van der Waals surface area contributed by atoms with E-state index in [1.54, 1.807) is 38.5 Å². The summed E-state index contributed by atoms with van der Waals surface area (Å²) in [4.78, 5) is 0. The predicted molar refractivity (Wildman–Crippen MR) is 79.8 cm³/mol. The standard InChI is InChI=1S/C7H8ClNO.C7H9NO/c1-10-6-4-2-3-5(9)7(6)8;1-9-7-4-2-3-6(8)5-7/h2-4H,9H2,1H3;2-5H,8H2,1H3. The number of nitrogen functional groups attached to an aromatic ring is 2. The zero-order chi connectivity index (χ0) is 14.3. The number of hydrogen-bond acceptors (Lipinski definition) is 4. The van der Waals surface area contributed by atoms with E-state index in [1.807, 2.05) is 18.2 Å². The molecule has 0 aromatic heterocycles. The van der Waals surface area contributed by atoms with Gasteiger partial charge in [0.05, 0.1) is 19.9 Å². The summed E-state index contributed by atoms with van der Waals surface area (Å²) in [6.45, 7) is 0. The van der Waals surface area contributed by atoms with Crippen LogP contribution in [0.15, 0.2) is 42.5 Å². The van der Waals surface area contributed by atoms with E-state index in [-0.39, 0.29) is 0 Å². The average Bonchev–Trinajstić information content (AvgIpc) is 2.42. The fourth-order valence-corrected chi connectivity index (χ4v) is 1.53. The summed E-state index contributed by atoms with van der Waals surface area (Å²) in [6.07, 6.45) is 0. The third kappa shape index (κ3) is 4.60. The van der Waals surface area contributed by atoms with Crippen LogP contribution in [0, 0.1) is 0 Å². The van der Waals surface area contributed by atoms with Gasteiger partial charge >= 0.3 is 0 Å². The molecule has 4 nitrogen and oxygen atoms in total. The van der Waals surface area contributed by atoms with Gasteiger partial charge in [0, 0.05) is 11.8 Å². The molecule has 0 amide bonds. The van der Waals surface area contributed by atoms with Crippen LogP contribution in [-0.2, 0) is 0 Å². The molecule has 0 aliphatic carbocycles. The van der Waals surface area contributed by atoms with Gasteiger partial charge in [-0.05, 0) is 24.3 Å². The summed E-state index contributed by atoms with van der Waals surface area (Å²) in [5.74, 6) is 1.41. The first-order valence-electron chi connectivity index (χ1n) is 5.56. The van der Waals surface area contributed by atoms with Gasteiger partial charge < -0.3 is 20.9 Å². The predicted octanol–water partition coefficient (Wildman–Crippen LogP) is 3.21. The highest BCUT2D eigenvalue weighted by Gasteiger charge is 2.00. The Morgan fingerprint density at radius 1 is 0.947 bits per heavy atom. The number of nitrogens with two attached hydrogens (primary N) is 2. The SMILES string of the molecule is COc1cccc(N)c1.COc1cccc(N)c1Cl. The molecule has 2 rings (SSSR count). The molecule has 0 saturated heterocycles. The summed E-state index contributed by atoms with van der Waals surface area (Å²) in [7, 11) is 3.18. The maximum absolute atomic E-state index is 5.74. The number of anilines is 2. The minimum absolute atomic E-state index is 0.477. The van der Waals surface area contributed by atoms with Gasteiger partial charge in [0.1, 0.15) is 16.5 Å². The van der Waals surface area contributed by atoms with Crippen molar-refractivity contribution >= 4 is 23.0 Å². The van der Waals surface area contributed by atoms with Crippen molar-refractivity contribution in [2.45, 2.75) is 0 Å². The largest absolute Gasteiger partial charge is 0.497 e. The van der Waals surface area contributed by atoms with Crippen molar-refractivity contribution < 1.29 is 9.47 Å². The zero-order valence-electron chi connectivity index (χ0n) is 10.9. The van der Waals surface area contributed by atoms with Crippen LogP contribution < -0.4 is 20.9 Å². The van der Waals surface area contributed by atoms with E-state index < -0.39 is 0 Å². The first-order chi connectivity index (χ1) is 9.08. The lowest BCUT2D eigenvalue weighted by Crippen LogP contribution is -1.89. The first-order valence-corrected chi connectivity index (χ1v) is 5.93. The highest BCUT2D eigenvalue weighted by Crippen LogP contribution is 2.28. The van der Waals surface area contributed by atoms with Crippen LogP contribution in [0.5, 0.6) is 11.5 Å². The monoisotopic (exact) mass is 280 g/mol. The molecule has 0 radical (unpaired) electrons. The Kier molecular flexibility index (Phi) is 5.82. The maximum Gasteiger partial charge on any atom is 0.139 e. The van der Waals surface area contributed by atoms with Gasteiger partial charge in [-0.1, -0.05) is 23.7 Å². The van der Waals surface area contributed by atoms with Crippen LogP contribution in [0.4, 0.5) is 11.4 Å². The fourth-order valence-electron chi connectivity index (χ4n) is 1.33. The molecule has 0 saturated carbocycles. The van der Waals surface area contributed by atoms with Crippen LogP contribution in [0.25, 0.3) is 0 Å². The van der Waals surface area contributed by atoms with Crippen LogP contribution in [-0.4, -0.2) is 14.2 Å². The van der Waals surface area contributed by atoms with Gasteiger partial charge in [0.15, 0.2) is 0 Å². The zero-order valence-corrected chi connectivity index (χ0v) is 11.6. The second-order valence-electron chi connectivity index (χ2n) is 3.64. The van der Waals surface area contributed by atoms with Gasteiger partial charge in [-0.2, -0.15) is 0 Å². The molecule has 0 aliphatic rings. The Balaban J connectivity index is 0.000000191. The molecule has 0 spiro atoms. The molecule has 0 fully saturated rings. The molecule has 0 unspecified atom stereocenters. The van der Waals surface area contributed by atoms with Gasteiger partial charge in [-0.3, -0.25) is 0 Å². The van der Waals surface area contributed by atoms with Crippen molar-refractivity contribution in [2.75, 3.05) is 25.7 Å². The normalized spacial score (nSPS) is 9.21. The minimum Gasteiger partial charge on any atom is -0.497 e. The lowest BCUT2D eigenvalue weighted by atomic mass is 10.3. The number of benzene rings is 2. The summed E-state index contributed by atoms with van der Waals surface area (Å²) in [6, 6.07) is 12.6. The van der Waals surface area contributed by atoms with Gasteiger partial charge in [-0.25, -0.2) is 0 Å². The van der Waals surface area contributed by atoms with Crippen molar-refractivity contribution in [1.82, 2.24) is 0 Å². The third-order valence-electron chi connectivity index (χ3n) is 2.31. The molecule has 0 heterocycles. The molecule has 0 bridgehead atoms. The molecule has 0 aliphatic heterocycles. The number of halogens is 1. The highest BCUT2D eigenvalue weighted by molar-refractivity contribution is 6.34. The molecular weight excluding hydrogens is 264 g/mol. The average molecular weight is 281 g/mol. The van der Waals surface area contributed by atoms with Crippen molar-refractivity contribution in [2.24, 2.45) is 0 Å². The summed E-state index contributed by atoms with van der Waals surface area (Å²) >= 11 is 5.74. The molecule has 4 N–H and O–H groups in total. The quantitative estimate of drug-likeness (QED) is 0.829. The molecule has 2 aromatic carbocycles. The molecular formula is C14H17ClN2O2. The van der Waals surface area contributed by atoms with E-state index in [0.29, 0.717) is 16.5 Å². The number of methoxy groups -OCH3 is 2. The lowest BCUT2D eigenvalue weighted by Gasteiger charge is -2.03. The summed E-state index contributed by atoms with van der Waals surface area (Å²) in [5, 5.41) is 0.477. The molecule has 19 heavy (non-hydrogen) atoms. The number of rotatable bonds is 2. The van der Waals surface area contributed by atoms with E-state index in [4.69, 9.17) is 32.5 Å². The van der Waals surface area contributed by atoms with E-state index in [2.05, 4.69) is 0 Å². The summed E-state index contributed by atoms with van der Waals surface area (Å²) in [5.41, 5.74) is 12.2. The fraction of sp³-hybridized carbons (Fsp3) is 0.143. The Labute approximate surface area is 117 Å². The van der Waals surface area contributed by atoms with Gasteiger partial charge in [0.25, 0.3) is 0 Å². The van der Waals surface area contributed by atoms with E-state index in [9.17, 15) is 0 Å². The Bertz CT molecular complexity index is 533.